The number of aryl methyl sites for hydroxylation is 1. The lowest BCUT2D eigenvalue weighted by Crippen LogP contribution is -2.36. The summed E-state index contributed by atoms with van der Waals surface area (Å²) in [6.07, 6.45) is 1.55. The van der Waals surface area contributed by atoms with Crippen molar-refractivity contribution in [2.45, 2.75) is 6.92 Å². The van der Waals surface area contributed by atoms with Crippen LogP contribution in [-0.4, -0.2) is 60.3 Å². The first-order valence-corrected chi connectivity index (χ1v) is 10.7. The minimum atomic E-state index is -0.106. The van der Waals surface area contributed by atoms with E-state index >= 15 is 0 Å². The van der Waals surface area contributed by atoms with Gasteiger partial charge in [-0.1, -0.05) is 30.3 Å². The normalized spacial score (nSPS) is 13.8. The maximum Gasteiger partial charge on any atom is 0.263 e. The van der Waals surface area contributed by atoms with Crippen LogP contribution in [-0.2, 0) is 4.74 Å². The maximum absolute atomic E-state index is 12.6. The summed E-state index contributed by atoms with van der Waals surface area (Å²) in [5, 5.41) is 7.05. The van der Waals surface area contributed by atoms with Crippen LogP contribution < -0.4 is 15.5 Å². The monoisotopic (exact) mass is 424 g/mol. The summed E-state index contributed by atoms with van der Waals surface area (Å²) in [6.45, 7) is 5.98. The first-order chi connectivity index (χ1) is 14.7. The molecule has 1 aliphatic heterocycles. The third-order valence-corrected chi connectivity index (χ3v) is 5.93. The van der Waals surface area contributed by atoms with Gasteiger partial charge >= 0.3 is 0 Å². The van der Waals surface area contributed by atoms with Crippen molar-refractivity contribution in [1.82, 2.24) is 20.3 Å². The molecule has 3 aromatic rings. The molecule has 0 aliphatic carbocycles. The van der Waals surface area contributed by atoms with Crippen molar-refractivity contribution in [2.24, 2.45) is 0 Å². The van der Waals surface area contributed by atoms with E-state index in [1.165, 1.54) is 11.3 Å². The van der Waals surface area contributed by atoms with E-state index in [1.54, 1.807) is 6.33 Å². The van der Waals surface area contributed by atoms with Crippen molar-refractivity contribution in [3.63, 3.8) is 0 Å². The van der Waals surface area contributed by atoms with Gasteiger partial charge in [0.2, 0.25) is 0 Å². The van der Waals surface area contributed by atoms with E-state index < -0.39 is 0 Å². The highest BCUT2D eigenvalue weighted by molar-refractivity contribution is 7.17. The Balaban J connectivity index is 1.29. The van der Waals surface area contributed by atoms with Gasteiger partial charge in [-0.3, -0.25) is 4.79 Å². The molecule has 1 aliphatic rings. The van der Waals surface area contributed by atoms with Gasteiger partial charge in [0, 0.05) is 37.8 Å². The summed E-state index contributed by atoms with van der Waals surface area (Å²) >= 11 is 1.41. The third kappa shape index (κ3) is 4.92. The van der Waals surface area contributed by atoms with Crippen LogP contribution in [0.4, 0.5) is 11.6 Å². The number of morpholine rings is 1. The molecule has 0 saturated carbocycles. The Bertz CT molecular complexity index is 988. The van der Waals surface area contributed by atoms with Crippen molar-refractivity contribution in [1.29, 1.82) is 0 Å². The summed E-state index contributed by atoms with van der Waals surface area (Å²) in [5.74, 6) is 1.51. The van der Waals surface area contributed by atoms with Crippen molar-refractivity contribution < 1.29 is 9.53 Å². The first kappa shape index (κ1) is 20.2. The number of hydrogen-bond acceptors (Lipinski definition) is 8. The number of ether oxygens (including phenoxy) is 1. The number of rotatable bonds is 7. The minimum Gasteiger partial charge on any atom is -0.378 e. The average molecular weight is 425 g/mol. The van der Waals surface area contributed by atoms with E-state index in [0.29, 0.717) is 31.2 Å². The van der Waals surface area contributed by atoms with Gasteiger partial charge in [-0.15, -0.1) is 11.3 Å². The summed E-state index contributed by atoms with van der Waals surface area (Å²) in [4.78, 5) is 28.5. The van der Waals surface area contributed by atoms with Gasteiger partial charge in [0.25, 0.3) is 5.91 Å². The molecule has 9 heteroatoms. The van der Waals surface area contributed by atoms with Crippen LogP contribution in [0.25, 0.3) is 10.6 Å². The van der Waals surface area contributed by atoms with Crippen LogP contribution in [0.15, 0.2) is 42.7 Å². The second-order valence-electron chi connectivity index (χ2n) is 6.84. The Labute approximate surface area is 179 Å². The molecule has 2 N–H and O–H groups in total. The van der Waals surface area contributed by atoms with Gasteiger partial charge < -0.3 is 20.3 Å². The molecular weight excluding hydrogens is 400 g/mol. The van der Waals surface area contributed by atoms with E-state index in [4.69, 9.17) is 4.74 Å². The summed E-state index contributed by atoms with van der Waals surface area (Å²) in [5.41, 5.74) is 1.77. The molecule has 0 unspecified atom stereocenters. The zero-order valence-corrected chi connectivity index (χ0v) is 17.6. The zero-order valence-electron chi connectivity index (χ0n) is 16.8. The van der Waals surface area contributed by atoms with Gasteiger partial charge in [0.05, 0.1) is 18.9 Å². The highest BCUT2D eigenvalue weighted by Crippen LogP contribution is 2.27. The molecule has 1 fully saturated rings. The van der Waals surface area contributed by atoms with Crippen molar-refractivity contribution in [3.8, 4) is 10.6 Å². The molecule has 1 aromatic carbocycles. The molecule has 3 heterocycles. The molecular formula is C21H24N6O2S. The Morgan fingerprint density at radius 3 is 2.77 bits per heavy atom. The van der Waals surface area contributed by atoms with E-state index in [0.717, 1.165) is 41.0 Å². The van der Waals surface area contributed by atoms with E-state index in [9.17, 15) is 4.79 Å². The molecule has 1 amide bonds. The SMILES string of the molecule is Cc1nc(-c2ccccc2)sc1C(=O)NCCNc1cc(N2CCOCC2)ncn1. The quantitative estimate of drug-likeness (QED) is 0.563. The lowest BCUT2D eigenvalue weighted by atomic mass is 10.2. The fourth-order valence-corrected chi connectivity index (χ4v) is 4.16. The molecule has 0 atom stereocenters. The first-order valence-electron chi connectivity index (χ1n) is 9.90. The Kier molecular flexibility index (Phi) is 6.50. The van der Waals surface area contributed by atoms with Crippen molar-refractivity contribution in [2.75, 3.05) is 49.6 Å². The Hall–Kier alpha value is -3.04. The molecule has 30 heavy (non-hydrogen) atoms. The number of aromatic nitrogens is 3. The lowest BCUT2D eigenvalue weighted by molar-refractivity contribution is 0.0958. The molecule has 1 saturated heterocycles. The molecule has 8 nitrogen and oxygen atoms in total. The van der Waals surface area contributed by atoms with Crippen LogP contribution in [0.1, 0.15) is 15.4 Å². The number of hydrogen-bond donors (Lipinski definition) is 2. The van der Waals surface area contributed by atoms with Gasteiger partial charge in [-0.2, -0.15) is 0 Å². The van der Waals surface area contributed by atoms with E-state index in [2.05, 4.69) is 30.5 Å². The Morgan fingerprint density at radius 1 is 1.17 bits per heavy atom. The topological polar surface area (TPSA) is 92.3 Å². The molecule has 156 valence electrons. The second kappa shape index (κ2) is 9.64. The zero-order chi connectivity index (χ0) is 20.8. The smallest absolute Gasteiger partial charge is 0.263 e. The highest BCUT2D eigenvalue weighted by atomic mass is 32.1. The highest BCUT2D eigenvalue weighted by Gasteiger charge is 2.16. The number of nitrogens with zero attached hydrogens (tertiary/aromatic N) is 4. The largest absolute Gasteiger partial charge is 0.378 e. The van der Waals surface area contributed by atoms with Gasteiger partial charge in [-0.05, 0) is 6.92 Å². The number of carbonyl (C=O) groups excluding carboxylic acids is 1. The fourth-order valence-electron chi connectivity index (χ4n) is 3.17. The number of thiazole rings is 1. The minimum absolute atomic E-state index is 0.106. The summed E-state index contributed by atoms with van der Waals surface area (Å²) < 4.78 is 5.38. The molecule has 4 rings (SSSR count). The Morgan fingerprint density at radius 2 is 1.97 bits per heavy atom. The second-order valence-corrected chi connectivity index (χ2v) is 7.84. The predicted molar refractivity (Wildman–Crippen MR) is 118 cm³/mol. The maximum atomic E-state index is 12.6. The average Bonchev–Trinajstić information content (AvgIpc) is 3.20. The van der Waals surface area contributed by atoms with Crippen molar-refractivity contribution in [3.05, 3.63) is 53.3 Å². The number of amides is 1. The lowest BCUT2D eigenvalue weighted by Gasteiger charge is -2.27. The van der Waals surface area contributed by atoms with Crippen LogP contribution in [0.5, 0.6) is 0 Å². The van der Waals surface area contributed by atoms with Crippen LogP contribution in [0, 0.1) is 6.92 Å². The third-order valence-electron chi connectivity index (χ3n) is 4.73. The van der Waals surface area contributed by atoms with Gasteiger partial charge in [0.1, 0.15) is 27.8 Å². The van der Waals surface area contributed by atoms with Crippen LogP contribution in [0.3, 0.4) is 0 Å². The number of carbonyl (C=O) groups is 1. The van der Waals surface area contributed by atoms with Crippen LogP contribution >= 0.6 is 11.3 Å². The number of benzene rings is 1. The number of nitrogens with one attached hydrogen (secondary N) is 2. The van der Waals surface area contributed by atoms with Gasteiger partial charge in [0.15, 0.2) is 0 Å². The molecule has 2 aromatic heterocycles. The van der Waals surface area contributed by atoms with Gasteiger partial charge in [-0.25, -0.2) is 15.0 Å². The molecule has 0 radical (unpaired) electrons. The molecule has 0 bridgehead atoms. The van der Waals surface area contributed by atoms with Crippen LogP contribution in [0.2, 0.25) is 0 Å². The van der Waals surface area contributed by atoms with E-state index in [-0.39, 0.29) is 5.91 Å². The van der Waals surface area contributed by atoms with E-state index in [1.807, 2.05) is 43.3 Å². The number of anilines is 2. The standard InChI is InChI=1S/C21H24N6O2S/c1-15-19(30-21(26-15)16-5-3-2-4-6-16)20(28)23-8-7-22-17-13-18(25-14-24-17)27-9-11-29-12-10-27/h2-6,13-14H,7-12H2,1H3,(H,23,28)(H,22,24,25). The predicted octanol–water partition coefficient (Wildman–Crippen LogP) is 2.59. The fraction of sp³-hybridized carbons (Fsp3) is 0.333. The molecule has 0 spiro atoms. The summed E-state index contributed by atoms with van der Waals surface area (Å²) in [6, 6.07) is 11.8. The van der Waals surface area contributed by atoms with Crippen molar-refractivity contribution >= 4 is 28.9 Å². The summed E-state index contributed by atoms with van der Waals surface area (Å²) in [7, 11) is 0.